The van der Waals surface area contributed by atoms with E-state index in [-0.39, 0.29) is 6.61 Å². The molecule has 0 radical (unpaired) electrons. The van der Waals surface area contributed by atoms with Crippen molar-refractivity contribution in [3.8, 4) is 0 Å². The standard InChI is InChI=1S/C27H37NO8/c1-16-17(2)27(33,21(16)29)19(22(30)35-25(3,4)5)14-20(23(31)36-26(6,7)8)28-24(32)34-15-18-12-10-9-11-13-18/h9-13,19-20,33H,14-15H2,1-8H3,(H,28,32)/t19?,20-,27?/m1/s1. The van der Waals surface area contributed by atoms with Crippen molar-refractivity contribution < 1.29 is 38.5 Å². The van der Waals surface area contributed by atoms with Crippen molar-refractivity contribution in [1.82, 2.24) is 5.32 Å². The van der Waals surface area contributed by atoms with Crippen LogP contribution in [-0.4, -0.2) is 51.8 Å². The highest BCUT2D eigenvalue weighted by Gasteiger charge is 2.58. The van der Waals surface area contributed by atoms with Gasteiger partial charge in [0.1, 0.15) is 23.9 Å². The lowest BCUT2D eigenvalue weighted by Crippen LogP contribution is -2.60. The van der Waals surface area contributed by atoms with E-state index in [0.717, 1.165) is 5.56 Å². The molecule has 1 aliphatic carbocycles. The molecule has 0 heterocycles. The molecule has 0 aliphatic heterocycles. The van der Waals surface area contributed by atoms with E-state index in [4.69, 9.17) is 14.2 Å². The van der Waals surface area contributed by atoms with Crippen LogP contribution in [0.15, 0.2) is 41.5 Å². The predicted octanol–water partition coefficient (Wildman–Crippen LogP) is 3.62. The first-order chi connectivity index (χ1) is 16.5. The maximum atomic E-state index is 13.2. The average Bonchev–Trinajstić information content (AvgIpc) is 2.77. The zero-order valence-electron chi connectivity index (χ0n) is 22.3. The zero-order chi connectivity index (χ0) is 27.5. The van der Waals surface area contributed by atoms with Gasteiger partial charge in [0.15, 0.2) is 11.4 Å². The van der Waals surface area contributed by atoms with E-state index in [1.54, 1.807) is 72.7 Å². The molecule has 2 rings (SSSR count). The van der Waals surface area contributed by atoms with Gasteiger partial charge in [0.05, 0.1) is 5.92 Å². The first-order valence-corrected chi connectivity index (χ1v) is 11.8. The van der Waals surface area contributed by atoms with E-state index >= 15 is 0 Å². The van der Waals surface area contributed by atoms with Crippen LogP contribution in [0.5, 0.6) is 0 Å². The molecule has 1 aromatic carbocycles. The number of amides is 1. The van der Waals surface area contributed by atoms with Crippen LogP contribution in [0.4, 0.5) is 4.79 Å². The Morgan fingerprint density at radius 3 is 1.97 bits per heavy atom. The van der Waals surface area contributed by atoms with E-state index in [1.807, 2.05) is 6.07 Å². The van der Waals surface area contributed by atoms with Gasteiger partial charge in [0.2, 0.25) is 0 Å². The molecule has 2 unspecified atom stereocenters. The molecule has 198 valence electrons. The Hall–Kier alpha value is -3.20. The number of ketones is 1. The van der Waals surface area contributed by atoms with Gasteiger partial charge < -0.3 is 24.6 Å². The third kappa shape index (κ3) is 7.16. The minimum atomic E-state index is -2.16. The molecule has 0 fully saturated rings. The molecular weight excluding hydrogens is 466 g/mol. The summed E-state index contributed by atoms with van der Waals surface area (Å²) < 4.78 is 16.2. The highest BCUT2D eigenvalue weighted by molar-refractivity contribution is 6.14. The summed E-state index contributed by atoms with van der Waals surface area (Å²) in [7, 11) is 0. The Kier molecular flexibility index (Phi) is 8.73. The number of hydrogen-bond acceptors (Lipinski definition) is 8. The van der Waals surface area contributed by atoms with Crippen LogP contribution in [0.1, 0.15) is 67.4 Å². The second-order valence-electron chi connectivity index (χ2n) is 11.0. The van der Waals surface area contributed by atoms with Crippen molar-refractivity contribution in [1.29, 1.82) is 0 Å². The number of carbonyl (C=O) groups is 4. The molecular formula is C27H37NO8. The van der Waals surface area contributed by atoms with E-state index in [2.05, 4.69) is 5.32 Å². The van der Waals surface area contributed by atoms with Crippen LogP contribution < -0.4 is 5.32 Å². The van der Waals surface area contributed by atoms with Gasteiger partial charge in [-0.2, -0.15) is 0 Å². The number of aliphatic hydroxyl groups is 1. The molecule has 0 spiro atoms. The molecule has 0 saturated carbocycles. The molecule has 0 bridgehead atoms. The number of rotatable bonds is 8. The van der Waals surface area contributed by atoms with Gasteiger partial charge in [-0.15, -0.1) is 0 Å². The predicted molar refractivity (Wildman–Crippen MR) is 132 cm³/mol. The summed E-state index contributed by atoms with van der Waals surface area (Å²) in [5, 5.41) is 13.7. The second kappa shape index (κ2) is 10.8. The van der Waals surface area contributed by atoms with Crippen molar-refractivity contribution in [3.63, 3.8) is 0 Å². The fraction of sp³-hybridized carbons (Fsp3) is 0.556. The van der Waals surface area contributed by atoms with Crippen molar-refractivity contribution in [2.45, 2.75) is 91.3 Å². The SMILES string of the molecule is CC1=C(C)C(O)(C(C[C@@H](NC(=O)OCc2ccccc2)C(=O)OC(C)(C)C)C(=O)OC(C)(C)C)C1=O. The summed E-state index contributed by atoms with van der Waals surface area (Å²) in [5.41, 5.74) is -2.62. The van der Waals surface area contributed by atoms with Gasteiger partial charge in [-0.25, -0.2) is 9.59 Å². The quantitative estimate of drug-likeness (QED) is 0.407. The summed E-state index contributed by atoms with van der Waals surface area (Å²) in [4.78, 5) is 51.6. The molecule has 1 amide bonds. The summed E-state index contributed by atoms with van der Waals surface area (Å²) in [6, 6.07) is 7.54. The summed E-state index contributed by atoms with van der Waals surface area (Å²) in [6.07, 6.45) is -1.37. The number of hydrogen-bond donors (Lipinski definition) is 2. The molecule has 1 aliphatic rings. The summed E-state index contributed by atoms with van der Waals surface area (Å²) in [6.45, 7) is 12.9. The van der Waals surface area contributed by atoms with Gasteiger partial charge >= 0.3 is 18.0 Å². The number of nitrogens with one attached hydrogen (secondary N) is 1. The topological polar surface area (TPSA) is 128 Å². The Morgan fingerprint density at radius 1 is 0.944 bits per heavy atom. The lowest BCUT2D eigenvalue weighted by atomic mass is 9.64. The van der Waals surface area contributed by atoms with Crippen molar-refractivity contribution >= 4 is 23.8 Å². The number of alkyl carbamates (subject to hydrolysis) is 1. The Bertz CT molecular complexity index is 1030. The van der Waals surface area contributed by atoms with E-state index < -0.39 is 59.0 Å². The molecule has 0 aromatic heterocycles. The molecule has 0 saturated heterocycles. The summed E-state index contributed by atoms with van der Waals surface area (Å²) in [5.74, 6) is -3.83. The lowest BCUT2D eigenvalue weighted by molar-refractivity contribution is -0.174. The van der Waals surface area contributed by atoms with Gasteiger partial charge in [-0.3, -0.25) is 9.59 Å². The van der Waals surface area contributed by atoms with Gasteiger partial charge in [-0.1, -0.05) is 30.3 Å². The average molecular weight is 504 g/mol. The van der Waals surface area contributed by atoms with Crippen LogP contribution in [0.3, 0.4) is 0 Å². The third-order valence-corrected chi connectivity index (χ3v) is 5.68. The first-order valence-electron chi connectivity index (χ1n) is 11.8. The van der Waals surface area contributed by atoms with E-state index in [9.17, 15) is 24.3 Å². The Labute approximate surface area is 212 Å². The van der Waals surface area contributed by atoms with Gasteiger partial charge in [-0.05, 0) is 78.5 Å². The number of benzene rings is 1. The zero-order valence-corrected chi connectivity index (χ0v) is 22.3. The Balaban J connectivity index is 2.34. The maximum absolute atomic E-state index is 13.2. The van der Waals surface area contributed by atoms with Gasteiger partial charge in [0, 0.05) is 0 Å². The lowest BCUT2D eigenvalue weighted by Gasteiger charge is -2.43. The van der Waals surface area contributed by atoms with Crippen LogP contribution in [0.25, 0.3) is 0 Å². The second-order valence-corrected chi connectivity index (χ2v) is 11.0. The maximum Gasteiger partial charge on any atom is 0.408 e. The molecule has 9 nitrogen and oxygen atoms in total. The van der Waals surface area contributed by atoms with E-state index in [0.29, 0.717) is 11.1 Å². The highest BCUT2D eigenvalue weighted by atomic mass is 16.6. The fourth-order valence-electron chi connectivity index (χ4n) is 3.81. The van der Waals surface area contributed by atoms with E-state index in [1.165, 1.54) is 6.92 Å². The number of esters is 2. The van der Waals surface area contributed by atoms with Crippen LogP contribution in [0, 0.1) is 5.92 Å². The monoisotopic (exact) mass is 503 g/mol. The normalized spacial score (nSPS) is 19.6. The minimum Gasteiger partial charge on any atom is -0.460 e. The third-order valence-electron chi connectivity index (χ3n) is 5.68. The van der Waals surface area contributed by atoms with Crippen LogP contribution >= 0.6 is 0 Å². The minimum absolute atomic E-state index is 0.0489. The largest absolute Gasteiger partial charge is 0.460 e. The van der Waals surface area contributed by atoms with Crippen molar-refractivity contribution in [2.75, 3.05) is 0 Å². The number of carbonyl (C=O) groups excluding carboxylic acids is 4. The fourth-order valence-corrected chi connectivity index (χ4v) is 3.81. The highest BCUT2D eigenvalue weighted by Crippen LogP contribution is 2.43. The molecule has 3 atom stereocenters. The smallest absolute Gasteiger partial charge is 0.408 e. The molecule has 9 heteroatoms. The van der Waals surface area contributed by atoms with Crippen LogP contribution in [-0.2, 0) is 35.2 Å². The first kappa shape index (κ1) is 29.0. The molecule has 36 heavy (non-hydrogen) atoms. The van der Waals surface area contributed by atoms with Crippen LogP contribution in [0.2, 0.25) is 0 Å². The van der Waals surface area contributed by atoms with Crippen molar-refractivity contribution in [3.05, 3.63) is 47.0 Å². The Morgan fingerprint density at radius 2 is 1.47 bits per heavy atom. The number of ether oxygens (including phenoxy) is 3. The van der Waals surface area contributed by atoms with Gasteiger partial charge in [0.25, 0.3) is 0 Å². The molecule has 2 N–H and O–H groups in total. The summed E-state index contributed by atoms with van der Waals surface area (Å²) >= 11 is 0. The molecule has 1 aromatic rings. The number of Topliss-reactive ketones (excluding diaryl/α,β-unsaturated/α-hetero) is 1. The van der Waals surface area contributed by atoms with Crippen molar-refractivity contribution in [2.24, 2.45) is 5.92 Å².